The number of carbonyl (C=O) groups excluding carboxylic acids is 3. The number of fused-ring (bicyclic) bond motifs is 1. The molecule has 0 spiro atoms. The van der Waals surface area contributed by atoms with Gasteiger partial charge in [0.2, 0.25) is 11.8 Å². The van der Waals surface area contributed by atoms with E-state index in [4.69, 9.17) is 0 Å². The minimum atomic E-state index is -0.254. The van der Waals surface area contributed by atoms with E-state index in [0.717, 1.165) is 60.0 Å². The maximum absolute atomic E-state index is 13.0. The fourth-order valence-electron chi connectivity index (χ4n) is 4.82. The minimum absolute atomic E-state index is 0.0471. The molecule has 2 amide bonds. The summed E-state index contributed by atoms with van der Waals surface area (Å²) in [6, 6.07) is 1.67. The molecule has 184 valence electrons. The molecule has 1 unspecified atom stereocenters. The molecule has 2 aliphatic heterocycles. The average molecular weight is 487 g/mol. The van der Waals surface area contributed by atoms with Gasteiger partial charge in [-0.1, -0.05) is 0 Å². The van der Waals surface area contributed by atoms with E-state index in [1.54, 1.807) is 20.9 Å². The van der Waals surface area contributed by atoms with Gasteiger partial charge in [-0.3, -0.25) is 19.3 Å². The van der Waals surface area contributed by atoms with Gasteiger partial charge in [0.1, 0.15) is 18.2 Å². The lowest BCUT2D eigenvalue weighted by molar-refractivity contribution is -0.134. The number of hydrogen-bond acceptors (Lipinski definition) is 7. The summed E-state index contributed by atoms with van der Waals surface area (Å²) >= 11 is 1.62. The number of likely N-dealkylation sites (N-methyl/N-ethyl adjacent to an activating group) is 1. The summed E-state index contributed by atoms with van der Waals surface area (Å²) in [6.07, 6.45) is 4.68. The first-order chi connectivity index (χ1) is 16.3. The van der Waals surface area contributed by atoms with E-state index in [1.807, 2.05) is 31.9 Å². The predicted molar refractivity (Wildman–Crippen MR) is 130 cm³/mol. The Balaban J connectivity index is 1.18. The number of piperazine rings is 1. The van der Waals surface area contributed by atoms with Crippen LogP contribution in [0.5, 0.6) is 0 Å². The standard InChI is InChI=1S/C24H34N6O3S/c1-17-15-19(18(2)34-17)21(31)7-8-23(32)29-13-11-28(12-14-29)10-9-27(3)24(33)20-5-4-6-22-25-16-26-30(20)22/h15-16,20H,4-14H2,1-3H3. The smallest absolute Gasteiger partial charge is 0.247 e. The third kappa shape index (κ3) is 5.55. The van der Waals surface area contributed by atoms with Crippen LogP contribution in [0.25, 0.3) is 0 Å². The number of nitrogens with zero attached hydrogens (tertiary/aromatic N) is 6. The summed E-state index contributed by atoms with van der Waals surface area (Å²) < 4.78 is 1.78. The van der Waals surface area contributed by atoms with Crippen molar-refractivity contribution in [2.75, 3.05) is 46.3 Å². The van der Waals surface area contributed by atoms with Crippen molar-refractivity contribution in [1.29, 1.82) is 0 Å². The summed E-state index contributed by atoms with van der Waals surface area (Å²) in [4.78, 5) is 50.4. The van der Waals surface area contributed by atoms with Gasteiger partial charge in [0.15, 0.2) is 5.78 Å². The molecule has 10 heteroatoms. The lowest BCUT2D eigenvalue weighted by Crippen LogP contribution is -2.50. The molecule has 0 radical (unpaired) electrons. The number of aromatic nitrogens is 3. The average Bonchev–Trinajstić information content (AvgIpc) is 3.46. The molecule has 2 aromatic heterocycles. The maximum atomic E-state index is 13.0. The zero-order valence-electron chi connectivity index (χ0n) is 20.3. The summed E-state index contributed by atoms with van der Waals surface area (Å²) in [5.74, 6) is 1.07. The van der Waals surface area contributed by atoms with Gasteiger partial charge in [-0.2, -0.15) is 5.10 Å². The molecule has 2 aliphatic rings. The largest absolute Gasteiger partial charge is 0.343 e. The van der Waals surface area contributed by atoms with Gasteiger partial charge in [-0.15, -0.1) is 11.3 Å². The lowest BCUT2D eigenvalue weighted by Gasteiger charge is -2.36. The number of ketones is 1. The van der Waals surface area contributed by atoms with Crippen molar-refractivity contribution in [2.45, 2.75) is 52.0 Å². The van der Waals surface area contributed by atoms with Crippen LogP contribution in [0.15, 0.2) is 12.4 Å². The summed E-state index contributed by atoms with van der Waals surface area (Å²) in [5, 5.41) is 4.25. The molecule has 0 N–H and O–H groups in total. The van der Waals surface area contributed by atoms with Crippen molar-refractivity contribution in [1.82, 2.24) is 29.5 Å². The van der Waals surface area contributed by atoms with E-state index >= 15 is 0 Å². The Hall–Kier alpha value is -2.59. The lowest BCUT2D eigenvalue weighted by atomic mass is 10.0. The summed E-state index contributed by atoms with van der Waals surface area (Å²) in [6.45, 7) is 8.24. The highest BCUT2D eigenvalue weighted by Crippen LogP contribution is 2.24. The molecule has 0 bridgehead atoms. The van der Waals surface area contributed by atoms with Crippen molar-refractivity contribution in [2.24, 2.45) is 0 Å². The highest BCUT2D eigenvalue weighted by Gasteiger charge is 2.30. The first kappa shape index (κ1) is 24.5. The number of rotatable bonds is 8. The van der Waals surface area contributed by atoms with Gasteiger partial charge < -0.3 is 9.80 Å². The van der Waals surface area contributed by atoms with Crippen LogP contribution >= 0.6 is 11.3 Å². The third-order valence-corrected chi connectivity index (χ3v) is 7.83. The van der Waals surface area contributed by atoms with E-state index in [2.05, 4.69) is 15.0 Å². The molecular weight excluding hydrogens is 452 g/mol. The molecule has 0 aliphatic carbocycles. The zero-order chi connectivity index (χ0) is 24.2. The summed E-state index contributed by atoms with van der Waals surface area (Å²) in [7, 11) is 1.85. The normalized spacial score (nSPS) is 18.6. The molecule has 34 heavy (non-hydrogen) atoms. The van der Waals surface area contributed by atoms with Gasteiger partial charge in [0, 0.05) is 80.9 Å². The van der Waals surface area contributed by atoms with Gasteiger partial charge >= 0.3 is 0 Å². The summed E-state index contributed by atoms with van der Waals surface area (Å²) in [5.41, 5.74) is 0.757. The van der Waals surface area contributed by atoms with Crippen LogP contribution in [0.2, 0.25) is 0 Å². The van der Waals surface area contributed by atoms with Crippen LogP contribution in [0, 0.1) is 13.8 Å². The number of thiophene rings is 1. The number of hydrogen-bond donors (Lipinski definition) is 0. The molecule has 9 nitrogen and oxygen atoms in total. The Kier molecular flexibility index (Phi) is 7.77. The van der Waals surface area contributed by atoms with Crippen LogP contribution in [0.4, 0.5) is 0 Å². The molecule has 0 aromatic carbocycles. The second-order valence-corrected chi connectivity index (χ2v) is 10.7. The second kappa shape index (κ2) is 10.8. The molecule has 1 fully saturated rings. The quantitative estimate of drug-likeness (QED) is 0.531. The topological polar surface area (TPSA) is 91.6 Å². The second-order valence-electron chi connectivity index (χ2n) is 9.26. The molecule has 4 heterocycles. The molecular formula is C24H34N6O3S. The number of Topliss-reactive ketones (excluding diaryl/α,β-unsaturated/α-hetero) is 1. The SMILES string of the molecule is Cc1cc(C(=O)CCC(=O)N2CCN(CCN(C)C(=O)C3CCCc4ncnn43)CC2)c(C)s1. The van der Waals surface area contributed by atoms with Gasteiger partial charge in [-0.05, 0) is 32.8 Å². The Labute approximate surface area is 204 Å². The van der Waals surface area contributed by atoms with Gasteiger partial charge in [-0.25, -0.2) is 9.67 Å². The van der Waals surface area contributed by atoms with E-state index in [0.29, 0.717) is 19.6 Å². The first-order valence-electron chi connectivity index (χ1n) is 12.1. The van der Waals surface area contributed by atoms with Crippen LogP contribution in [-0.4, -0.2) is 93.4 Å². The van der Waals surface area contributed by atoms with E-state index in [-0.39, 0.29) is 36.5 Å². The van der Waals surface area contributed by atoms with Crippen molar-refractivity contribution in [3.05, 3.63) is 33.5 Å². The molecule has 1 saturated heterocycles. The molecule has 4 rings (SSSR count). The molecule has 0 saturated carbocycles. The van der Waals surface area contributed by atoms with E-state index in [1.165, 1.54) is 6.33 Å². The zero-order valence-corrected chi connectivity index (χ0v) is 21.1. The molecule has 1 atom stereocenters. The van der Waals surface area contributed by atoms with Crippen molar-refractivity contribution in [3.8, 4) is 0 Å². The Morgan fingerprint density at radius 3 is 2.62 bits per heavy atom. The fraction of sp³-hybridized carbons (Fsp3) is 0.625. The van der Waals surface area contributed by atoms with E-state index in [9.17, 15) is 14.4 Å². The third-order valence-electron chi connectivity index (χ3n) is 6.87. The van der Waals surface area contributed by atoms with Crippen LogP contribution in [-0.2, 0) is 16.0 Å². The highest BCUT2D eigenvalue weighted by atomic mass is 32.1. The van der Waals surface area contributed by atoms with Gasteiger partial charge in [0.25, 0.3) is 0 Å². The van der Waals surface area contributed by atoms with Crippen LogP contribution in [0.3, 0.4) is 0 Å². The van der Waals surface area contributed by atoms with Crippen LogP contribution in [0.1, 0.15) is 57.7 Å². The Morgan fingerprint density at radius 1 is 1.15 bits per heavy atom. The van der Waals surface area contributed by atoms with E-state index < -0.39 is 0 Å². The van der Waals surface area contributed by atoms with Crippen molar-refractivity contribution >= 4 is 28.9 Å². The van der Waals surface area contributed by atoms with Crippen LogP contribution < -0.4 is 0 Å². The number of carbonyl (C=O) groups is 3. The Morgan fingerprint density at radius 2 is 1.91 bits per heavy atom. The minimum Gasteiger partial charge on any atom is -0.343 e. The van der Waals surface area contributed by atoms with Gasteiger partial charge in [0.05, 0.1) is 0 Å². The number of aryl methyl sites for hydroxylation is 3. The van der Waals surface area contributed by atoms with Crippen molar-refractivity contribution in [3.63, 3.8) is 0 Å². The van der Waals surface area contributed by atoms with Crippen molar-refractivity contribution < 1.29 is 14.4 Å². The molecule has 2 aromatic rings. The maximum Gasteiger partial charge on any atom is 0.247 e. The fourth-order valence-corrected chi connectivity index (χ4v) is 5.76. The Bertz CT molecular complexity index is 1040. The number of amides is 2. The predicted octanol–water partition coefficient (Wildman–Crippen LogP) is 2.10. The first-order valence-corrected chi connectivity index (χ1v) is 12.9. The highest BCUT2D eigenvalue weighted by molar-refractivity contribution is 7.12. The monoisotopic (exact) mass is 486 g/mol.